The Bertz CT molecular complexity index is 860. The molecule has 3 rings (SSSR count). The van der Waals surface area contributed by atoms with E-state index in [0.717, 1.165) is 42.4 Å². The van der Waals surface area contributed by atoms with Crippen molar-refractivity contribution in [3.8, 4) is 5.75 Å². The second-order valence-electron chi connectivity index (χ2n) is 8.16. The predicted octanol–water partition coefficient (Wildman–Crippen LogP) is 4.16. The maximum Gasteiger partial charge on any atom is 0.261 e. The van der Waals surface area contributed by atoms with E-state index in [4.69, 9.17) is 4.74 Å². The molecule has 0 bridgehead atoms. The highest BCUT2D eigenvalue weighted by Crippen LogP contribution is 2.21. The first-order valence-electron chi connectivity index (χ1n) is 10.8. The first kappa shape index (κ1) is 21.9. The molecule has 0 spiro atoms. The molecular weight excluding hydrogens is 376 g/mol. The van der Waals surface area contributed by atoms with E-state index >= 15 is 0 Å². The summed E-state index contributed by atoms with van der Waals surface area (Å²) in [6.07, 6.45) is 4.33. The number of ether oxygens (including phenoxy) is 1. The molecule has 30 heavy (non-hydrogen) atoms. The number of nitrogens with one attached hydrogen (secondary N) is 1. The maximum atomic E-state index is 13.1. The Labute approximate surface area is 179 Å². The van der Waals surface area contributed by atoms with Gasteiger partial charge in [-0.15, -0.1) is 0 Å². The van der Waals surface area contributed by atoms with Crippen LogP contribution < -0.4 is 10.1 Å². The average molecular weight is 409 g/mol. The van der Waals surface area contributed by atoms with E-state index in [2.05, 4.69) is 5.32 Å². The van der Waals surface area contributed by atoms with Gasteiger partial charge in [-0.25, -0.2) is 0 Å². The molecule has 0 radical (unpaired) electrons. The zero-order chi connectivity index (χ0) is 21.5. The molecule has 0 saturated heterocycles. The van der Waals surface area contributed by atoms with Crippen LogP contribution in [0.15, 0.2) is 48.5 Å². The van der Waals surface area contributed by atoms with Crippen LogP contribution in [0.25, 0.3) is 0 Å². The predicted molar refractivity (Wildman–Crippen MR) is 118 cm³/mol. The smallest absolute Gasteiger partial charge is 0.261 e. The molecule has 0 aromatic heterocycles. The molecule has 0 heterocycles. The number of hydrogen-bond acceptors (Lipinski definition) is 3. The van der Waals surface area contributed by atoms with E-state index < -0.39 is 6.04 Å². The first-order valence-corrected chi connectivity index (χ1v) is 10.8. The summed E-state index contributed by atoms with van der Waals surface area (Å²) in [4.78, 5) is 27.6. The van der Waals surface area contributed by atoms with Crippen molar-refractivity contribution in [2.24, 2.45) is 0 Å². The molecule has 1 saturated carbocycles. The lowest BCUT2D eigenvalue weighted by atomic mass is 10.1. The Balaban J connectivity index is 1.71. The van der Waals surface area contributed by atoms with Crippen LogP contribution in [-0.2, 0) is 16.1 Å². The fourth-order valence-corrected chi connectivity index (χ4v) is 3.86. The molecule has 0 aliphatic heterocycles. The van der Waals surface area contributed by atoms with Crippen LogP contribution in [-0.4, -0.2) is 35.4 Å². The van der Waals surface area contributed by atoms with Crippen LogP contribution in [0.3, 0.4) is 0 Å². The van der Waals surface area contributed by atoms with Gasteiger partial charge in [-0.1, -0.05) is 55.3 Å². The minimum Gasteiger partial charge on any atom is -0.483 e. The van der Waals surface area contributed by atoms with Gasteiger partial charge in [-0.05, 0) is 56.4 Å². The lowest BCUT2D eigenvalue weighted by molar-refractivity contribution is -0.142. The summed E-state index contributed by atoms with van der Waals surface area (Å²) in [5, 5.41) is 3.12. The molecule has 1 fully saturated rings. The lowest BCUT2D eigenvalue weighted by Gasteiger charge is -2.29. The molecule has 2 aromatic carbocycles. The fourth-order valence-electron chi connectivity index (χ4n) is 3.86. The Morgan fingerprint density at radius 3 is 2.47 bits per heavy atom. The number of nitrogens with zero attached hydrogens (tertiary/aromatic N) is 1. The molecule has 2 aromatic rings. The number of aryl methyl sites for hydroxylation is 1. The second-order valence-corrected chi connectivity index (χ2v) is 8.16. The van der Waals surface area contributed by atoms with Crippen LogP contribution >= 0.6 is 0 Å². The largest absolute Gasteiger partial charge is 0.483 e. The van der Waals surface area contributed by atoms with Crippen LogP contribution in [0.5, 0.6) is 5.75 Å². The molecule has 2 amide bonds. The van der Waals surface area contributed by atoms with Gasteiger partial charge in [0.1, 0.15) is 11.8 Å². The highest BCUT2D eigenvalue weighted by molar-refractivity contribution is 5.88. The summed E-state index contributed by atoms with van der Waals surface area (Å²) in [5.74, 6) is 0.401. The van der Waals surface area contributed by atoms with Gasteiger partial charge in [-0.2, -0.15) is 0 Å². The Morgan fingerprint density at radius 1 is 1.07 bits per heavy atom. The minimum atomic E-state index is -0.569. The Morgan fingerprint density at radius 2 is 1.77 bits per heavy atom. The number of carbonyl (C=O) groups is 2. The summed E-state index contributed by atoms with van der Waals surface area (Å²) < 4.78 is 5.84. The van der Waals surface area contributed by atoms with Crippen molar-refractivity contribution in [3.63, 3.8) is 0 Å². The third-order valence-electron chi connectivity index (χ3n) is 5.97. The molecule has 1 aliphatic carbocycles. The average Bonchev–Trinajstić information content (AvgIpc) is 3.26. The molecule has 160 valence electrons. The molecule has 1 aliphatic rings. The van der Waals surface area contributed by atoms with E-state index in [9.17, 15) is 9.59 Å². The number of carbonyl (C=O) groups excluding carboxylic acids is 2. The van der Waals surface area contributed by atoms with Gasteiger partial charge in [0.05, 0.1) is 0 Å². The normalized spacial score (nSPS) is 14.9. The number of benzene rings is 2. The number of rotatable bonds is 8. The summed E-state index contributed by atoms with van der Waals surface area (Å²) in [5.41, 5.74) is 3.12. The van der Waals surface area contributed by atoms with Gasteiger partial charge in [0.15, 0.2) is 6.61 Å². The van der Waals surface area contributed by atoms with Gasteiger partial charge in [0.25, 0.3) is 5.91 Å². The first-order chi connectivity index (χ1) is 14.5. The lowest BCUT2D eigenvalue weighted by Crippen LogP contribution is -2.50. The van der Waals surface area contributed by atoms with E-state index in [1.54, 1.807) is 11.8 Å². The maximum absolute atomic E-state index is 13.1. The third kappa shape index (κ3) is 5.62. The topological polar surface area (TPSA) is 58.6 Å². The molecular formula is C25H32N2O3. The Hall–Kier alpha value is -2.82. The van der Waals surface area contributed by atoms with E-state index in [1.807, 2.05) is 62.4 Å². The molecule has 5 heteroatoms. The quantitative estimate of drug-likeness (QED) is 0.714. The molecule has 1 atom stereocenters. The van der Waals surface area contributed by atoms with Crippen molar-refractivity contribution >= 4 is 11.8 Å². The highest BCUT2D eigenvalue weighted by atomic mass is 16.5. The van der Waals surface area contributed by atoms with Crippen molar-refractivity contribution in [2.75, 3.05) is 6.61 Å². The molecule has 1 N–H and O–H groups in total. The number of hydrogen-bond donors (Lipinski definition) is 1. The summed E-state index contributed by atoms with van der Waals surface area (Å²) in [7, 11) is 0. The van der Waals surface area contributed by atoms with Gasteiger partial charge >= 0.3 is 0 Å². The minimum absolute atomic E-state index is 0.0990. The van der Waals surface area contributed by atoms with Gasteiger partial charge in [0.2, 0.25) is 5.91 Å². The standard InChI is InChI=1S/C25H32N2O3/c1-18-10-9-15-23(19(18)2)30-17-24(28)27(16-21-11-5-4-6-12-21)20(3)25(29)26-22-13-7-8-14-22/h4-6,9-12,15,20,22H,7-8,13-14,16-17H2,1-3H3,(H,26,29)/t20-/m1/s1. The van der Waals surface area contributed by atoms with Crippen molar-refractivity contribution in [2.45, 2.75) is 65.1 Å². The fraction of sp³-hybridized carbons (Fsp3) is 0.440. The van der Waals surface area contributed by atoms with Crippen molar-refractivity contribution in [3.05, 3.63) is 65.2 Å². The van der Waals surface area contributed by atoms with Gasteiger partial charge in [-0.3, -0.25) is 9.59 Å². The monoisotopic (exact) mass is 408 g/mol. The van der Waals surface area contributed by atoms with Crippen molar-refractivity contribution in [1.82, 2.24) is 10.2 Å². The second kappa shape index (κ2) is 10.3. The van der Waals surface area contributed by atoms with E-state index in [1.165, 1.54) is 0 Å². The zero-order valence-electron chi connectivity index (χ0n) is 18.2. The van der Waals surface area contributed by atoms with E-state index in [-0.39, 0.29) is 24.5 Å². The summed E-state index contributed by atoms with van der Waals surface area (Å²) in [6.45, 7) is 6.06. The van der Waals surface area contributed by atoms with Crippen LogP contribution in [0, 0.1) is 13.8 Å². The molecule has 0 unspecified atom stereocenters. The van der Waals surface area contributed by atoms with Crippen LogP contribution in [0.2, 0.25) is 0 Å². The Kier molecular flexibility index (Phi) is 7.50. The molecule has 5 nitrogen and oxygen atoms in total. The summed E-state index contributed by atoms with van der Waals surface area (Å²) >= 11 is 0. The zero-order valence-corrected chi connectivity index (χ0v) is 18.2. The van der Waals surface area contributed by atoms with Crippen LogP contribution in [0.1, 0.15) is 49.3 Å². The number of amides is 2. The van der Waals surface area contributed by atoms with Crippen LogP contribution in [0.4, 0.5) is 0 Å². The van der Waals surface area contributed by atoms with Crippen molar-refractivity contribution in [1.29, 1.82) is 0 Å². The summed E-state index contributed by atoms with van der Waals surface area (Å²) in [6, 6.07) is 15.2. The third-order valence-corrected chi connectivity index (χ3v) is 5.97. The van der Waals surface area contributed by atoms with Gasteiger partial charge in [0, 0.05) is 12.6 Å². The van der Waals surface area contributed by atoms with Crippen molar-refractivity contribution < 1.29 is 14.3 Å². The highest BCUT2D eigenvalue weighted by Gasteiger charge is 2.28. The van der Waals surface area contributed by atoms with E-state index in [0.29, 0.717) is 12.3 Å². The van der Waals surface area contributed by atoms with Gasteiger partial charge < -0.3 is 15.0 Å². The SMILES string of the molecule is Cc1cccc(OCC(=O)N(Cc2ccccc2)[C@H](C)C(=O)NC2CCCC2)c1C.